The summed E-state index contributed by atoms with van der Waals surface area (Å²) in [4.78, 5) is 8.68. The van der Waals surface area contributed by atoms with Gasteiger partial charge in [0, 0.05) is 12.1 Å². The minimum atomic E-state index is -0.166. The molecule has 1 aliphatic rings. The first-order valence-corrected chi connectivity index (χ1v) is 7.21. The molecule has 1 aromatic heterocycles. The maximum Gasteiger partial charge on any atom is 0.135 e. The number of aliphatic hydroxyl groups is 1. The summed E-state index contributed by atoms with van der Waals surface area (Å²) in [7, 11) is 0. The van der Waals surface area contributed by atoms with E-state index in [4.69, 9.17) is 0 Å². The van der Waals surface area contributed by atoms with E-state index in [1.54, 1.807) is 6.33 Å². The predicted octanol–water partition coefficient (Wildman–Crippen LogP) is 2.19. The molecule has 0 atom stereocenters. The minimum Gasteiger partial charge on any atom is -0.394 e. The average Bonchev–Trinajstić information content (AvgIpc) is 2.40. The van der Waals surface area contributed by atoms with Crippen LogP contribution in [-0.4, -0.2) is 33.8 Å². The molecule has 106 valence electrons. The first kappa shape index (κ1) is 14.1. The first-order valence-electron chi connectivity index (χ1n) is 7.21. The third kappa shape index (κ3) is 2.97. The third-order valence-corrected chi connectivity index (χ3v) is 3.84. The number of hydrogen-bond acceptors (Lipinski definition) is 5. The van der Waals surface area contributed by atoms with Gasteiger partial charge in [0.2, 0.25) is 0 Å². The lowest BCUT2D eigenvalue weighted by Crippen LogP contribution is -2.48. The van der Waals surface area contributed by atoms with Crippen LogP contribution in [0.5, 0.6) is 0 Å². The van der Waals surface area contributed by atoms with Crippen LogP contribution >= 0.6 is 0 Å². The topological polar surface area (TPSA) is 70.1 Å². The van der Waals surface area contributed by atoms with Crippen molar-refractivity contribution < 1.29 is 5.11 Å². The number of nitrogens with one attached hydrogen (secondary N) is 2. The van der Waals surface area contributed by atoms with E-state index in [0.717, 1.165) is 49.4 Å². The van der Waals surface area contributed by atoms with Crippen LogP contribution in [-0.2, 0) is 6.42 Å². The van der Waals surface area contributed by atoms with Crippen molar-refractivity contribution in [2.24, 2.45) is 0 Å². The molecule has 0 aliphatic heterocycles. The Kier molecular flexibility index (Phi) is 4.58. The van der Waals surface area contributed by atoms with Crippen molar-refractivity contribution in [3.8, 4) is 0 Å². The molecule has 0 aromatic carbocycles. The highest BCUT2D eigenvalue weighted by Crippen LogP contribution is 2.35. The summed E-state index contributed by atoms with van der Waals surface area (Å²) in [6.45, 7) is 5.31. The molecule has 19 heavy (non-hydrogen) atoms. The Hall–Kier alpha value is -1.36. The van der Waals surface area contributed by atoms with Gasteiger partial charge in [0.05, 0.1) is 12.1 Å². The fourth-order valence-corrected chi connectivity index (χ4v) is 2.43. The Morgan fingerprint density at radius 2 is 2.00 bits per heavy atom. The number of rotatable bonds is 7. The molecule has 0 spiro atoms. The summed E-state index contributed by atoms with van der Waals surface area (Å²) in [6.07, 6.45) is 6.71. The van der Waals surface area contributed by atoms with Crippen molar-refractivity contribution in [1.82, 2.24) is 9.97 Å². The minimum absolute atomic E-state index is 0.165. The van der Waals surface area contributed by atoms with Gasteiger partial charge < -0.3 is 15.7 Å². The third-order valence-electron chi connectivity index (χ3n) is 3.84. The van der Waals surface area contributed by atoms with Gasteiger partial charge in [-0.1, -0.05) is 13.8 Å². The quantitative estimate of drug-likeness (QED) is 0.704. The SMILES string of the molecule is CCCNc1ncnc(NC2(CO)CCC2)c1CC. The smallest absolute Gasteiger partial charge is 0.135 e. The second-order valence-electron chi connectivity index (χ2n) is 5.25. The summed E-state index contributed by atoms with van der Waals surface area (Å²) in [6, 6.07) is 0. The second-order valence-corrected chi connectivity index (χ2v) is 5.25. The standard InChI is InChI=1S/C14H24N4O/c1-3-8-15-12-11(4-2)13(17-10-16-12)18-14(9-19)6-5-7-14/h10,19H,3-9H2,1-2H3,(H2,15,16,17,18). The van der Waals surface area contributed by atoms with Crippen LogP contribution in [0.15, 0.2) is 6.33 Å². The fourth-order valence-electron chi connectivity index (χ4n) is 2.43. The van der Waals surface area contributed by atoms with Crippen LogP contribution in [0.1, 0.15) is 45.1 Å². The molecule has 1 aromatic rings. The number of hydrogen-bond donors (Lipinski definition) is 3. The molecule has 1 aliphatic carbocycles. The zero-order chi connectivity index (χ0) is 13.7. The lowest BCUT2D eigenvalue weighted by atomic mass is 9.77. The van der Waals surface area contributed by atoms with E-state index in [2.05, 4.69) is 34.4 Å². The maximum absolute atomic E-state index is 9.55. The molecule has 0 radical (unpaired) electrons. The van der Waals surface area contributed by atoms with Crippen molar-refractivity contribution in [2.45, 2.75) is 51.5 Å². The average molecular weight is 264 g/mol. The van der Waals surface area contributed by atoms with Crippen LogP contribution in [0.25, 0.3) is 0 Å². The van der Waals surface area contributed by atoms with Crippen molar-refractivity contribution in [1.29, 1.82) is 0 Å². The number of aliphatic hydroxyl groups excluding tert-OH is 1. The highest BCUT2D eigenvalue weighted by molar-refractivity contribution is 5.58. The van der Waals surface area contributed by atoms with E-state index in [-0.39, 0.29) is 12.1 Å². The molecule has 1 heterocycles. The summed E-state index contributed by atoms with van der Waals surface area (Å²) in [5.41, 5.74) is 0.941. The first-order chi connectivity index (χ1) is 9.24. The Morgan fingerprint density at radius 3 is 2.53 bits per heavy atom. The van der Waals surface area contributed by atoms with Gasteiger partial charge in [-0.25, -0.2) is 9.97 Å². The molecular weight excluding hydrogens is 240 g/mol. The molecule has 2 rings (SSSR count). The van der Waals surface area contributed by atoms with E-state index in [1.165, 1.54) is 6.42 Å². The van der Waals surface area contributed by atoms with Gasteiger partial charge in [0.25, 0.3) is 0 Å². The molecule has 0 bridgehead atoms. The second kappa shape index (κ2) is 6.19. The van der Waals surface area contributed by atoms with Crippen LogP contribution < -0.4 is 10.6 Å². The summed E-state index contributed by atoms with van der Waals surface area (Å²) >= 11 is 0. The Balaban J connectivity index is 2.19. The zero-order valence-corrected chi connectivity index (χ0v) is 11.9. The van der Waals surface area contributed by atoms with Crippen LogP contribution in [0, 0.1) is 0 Å². The van der Waals surface area contributed by atoms with Gasteiger partial charge in [0.1, 0.15) is 18.0 Å². The van der Waals surface area contributed by atoms with Gasteiger partial charge >= 0.3 is 0 Å². The molecule has 5 nitrogen and oxygen atoms in total. The number of nitrogens with zero attached hydrogens (tertiary/aromatic N) is 2. The van der Waals surface area contributed by atoms with Gasteiger partial charge in [0.15, 0.2) is 0 Å². The van der Waals surface area contributed by atoms with E-state index < -0.39 is 0 Å². The molecule has 0 saturated heterocycles. The largest absolute Gasteiger partial charge is 0.394 e. The van der Waals surface area contributed by atoms with Crippen molar-refractivity contribution in [3.63, 3.8) is 0 Å². The van der Waals surface area contributed by atoms with Gasteiger partial charge in [-0.2, -0.15) is 0 Å². The Morgan fingerprint density at radius 1 is 1.26 bits per heavy atom. The summed E-state index contributed by atoms with van der Waals surface area (Å²) in [5, 5.41) is 16.3. The molecule has 5 heteroatoms. The molecule has 1 saturated carbocycles. The summed E-state index contributed by atoms with van der Waals surface area (Å²) < 4.78 is 0. The van der Waals surface area contributed by atoms with Crippen LogP contribution in [0.3, 0.4) is 0 Å². The molecule has 1 fully saturated rings. The molecule has 3 N–H and O–H groups in total. The number of anilines is 2. The van der Waals surface area contributed by atoms with Gasteiger partial charge in [-0.3, -0.25) is 0 Å². The van der Waals surface area contributed by atoms with Crippen molar-refractivity contribution in [2.75, 3.05) is 23.8 Å². The van der Waals surface area contributed by atoms with Gasteiger partial charge in [-0.15, -0.1) is 0 Å². The fraction of sp³-hybridized carbons (Fsp3) is 0.714. The summed E-state index contributed by atoms with van der Waals surface area (Å²) in [5.74, 6) is 1.78. The molecule has 0 amide bonds. The monoisotopic (exact) mass is 264 g/mol. The maximum atomic E-state index is 9.55. The van der Waals surface area contributed by atoms with Crippen molar-refractivity contribution in [3.05, 3.63) is 11.9 Å². The molecular formula is C14H24N4O. The lowest BCUT2D eigenvalue weighted by molar-refractivity contribution is 0.143. The van der Waals surface area contributed by atoms with Crippen molar-refractivity contribution >= 4 is 11.6 Å². The lowest BCUT2D eigenvalue weighted by Gasteiger charge is -2.41. The van der Waals surface area contributed by atoms with E-state index in [0.29, 0.717) is 0 Å². The Bertz CT molecular complexity index is 412. The van der Waals surface area contributed by atoms with E-state index in [1.807, 2.05) is 0 Å². The Labute approximate surface area is 114 Å². The van der Waals surface area contributed by atoms with Crippen LogP contribution in [0.2, 0.25) is 0 Å². The zero-order valence-electron chi connectivity index (χ0n) is 11.9. The van der Waals surface area contributed by atoms with Crippen LogP contribution in [0.4, 0.5) is 11.6 Å². The van der Waals surface area contributed by atoms with E-state index in [9.17, 15) is 5.11 Å². The van der Waals surface area contributed by atoms with E-state index >= 15 is 0 Å². The molecule has 0 unspecified atom stereocenters. The van der Waals surface area contributed by atoms with Gasteiger partial charge in [-0.05, 0) is 32.1 Å². The predicted molar refractivity (Wildman–Crippen MR) is 77.5 cm³/mol. The highest BCUT2D eigenvalue weighted by atomic mass is 16.3. The number of aromatic nitrogens is 2. The highest BCUT2D eigenvalue weighted by Gasteiger charge is 2.37. The normalized spacial score (nSPS) is 16.8.